The van der Waals surface area contributed by atoms with Crippen molar-refractivity contribution in [1.29, 1.82) is 0 Å². The fourth-order valence-corrected chi connectivity index (χ4v) is 3.92. The minimum atomic E-state index is 0.179. The Bertz CT molecular complexity index is 576. The number of amides is 1. The molecule has 2 fully saturated rings. The highest BCUT2D eigenvalue weighted by Crippen LogP contribution is 2.25. The van der Waals surface area contributed by atoms with Crippen LogP contribution in [0, 0.1) is 5.92 Å². The normalized spacial score (nSPS) is 19.9. The van der Waals surface area contributed by atoms with Crippen LogP contribution in [0.2, 0.25) is 0 Å². The lowest BCUT2D eigenvalue weighted by Crippen LogP contribution is -2.47. The zero-order valence-electron chi connectivity index (χ0n) is 16.6. The van der Waals surface area contributed by atoms with E-state index in [9.17, 15) is 4.79 Å². The number of likely N-dealkylation sites (tertiary alicyclic amines) is 2. The van der Waals surface area contributed by atoms with Gasteiger partial charge < -0.3 is 24.0 Å². The minimum absolute atomic E-state index is 0.179. The largest absolute Gasteiger partial charge is 0.497 e. The fraction of sp³-hybridized carbons (Fsp3) is 0.667. The number of rotatable bonds is 7. The third-order valence-electron chi connectivity index (χ3n) is 5.66. The van der Waals surface area contributed by atoms with Crippen molar-refractivity contribution in [1.82, 2.24) is 9.80 Å². The molecule has 0 spiro atoms. The van der Waals surface area contributed by atoms with E-state index in [1.165, 1.54) is 0 Å². The molecule has 2 aliphatic heterocycles. The molecule has 6 nitrogen and oxygen atoms in total. The third kappa shape index (κ3) is 5.59. The van der Waals surface area contributed by atoms with Gasteiger partial charge in [-0.3, -0.25) is 4.79 Å². The SMILES string of the molecule is COCCN1CCC(C(=O)N2CCC(Oc3ccc(OC)cc3)CC2)CC1. The molecule has 3 rings (SSSR count). The summed E-state index contributed by atoms with van der Waals surface area (Å²) >= 11 is 0. The summed E-state index contributed by atoms with van der Waals surface area (Å²) in [5.41, 5.74) is 0. The van der Waals surface area contributed by atoms with Crippen LogP contribution in [-0.4, -0.2) is 75.4 Å². The summed E-state index contributed by atoms with van der Waals surface area (Å²) in [4.78, 5) is 17.3. The van der Waals surface area contributed by atoms with Crippen LogP contribution in [0.4, 0.5) is 0 Å². The van der Waals surface area contributed by atoms with Crippen molar-refractivity contribution in [3.63, 3.8) is 0 Å². The van der Waals surface area contributed by atoms with E-state index < -0.39 is 0 Å². The summed E-state index contributed by atoms with van der Waals surface area (Å²) in [6, 6.07) is 7.70. The second-order valence-electron chi connectivity index (χ2n) is 7.43. The van der Waals surface area contributed by atoms with Crippen LogP contribution in [0.5, 0.6) is 11.5 Å². The van der Waals surface area contributed by atoms with E-state index in [4.69, 9.17) is 14.2 Å². The quantitative estimate of drug-likeness (QED) is 0.732. The van der Waals surface area contributed by atoms with Crippen LogP contribution in [0.3, 0.4) is 0 Å². The molecule has 0 atom stereocenters. The van der Waals surface area contributed by atoms with Gasteiger partial charge in [0.2, 0.25) is 5.91 Å². The van der Waals surface area contributed by atoms with E-state index in [2.05, 4.69) is 4.90 Å². The molecule has 150 valence electrons. The number of carbonyl (C=O) groups is 1. The van der Waals surface area contributed by atoms with Gasteiger partial charge in [0.15, 0.2) is 0 Å². The molecule has 0 radical (unpaired) electrons. The highest BCUT2D eigenvalue weighted by atomic mass is 16.5. The van der Waals surface area contributed by atoms with E-state index in [0.29, 0.717) is 5.91 Å². The molecule has 2 aliphatic rings. The van der Waals surface area contributed by atoms with E-state index in [1.807, 2.05) is 29.2 Å². The summed E-state index contributed by atoms with van der Waals surface area (Å²) in [6.45, 7) is 5.31. The van der Waals surface area contributed by atoms with Crippen molar-refractivity contribution in [2.24, 2.45) is 5.92 Å². The predicted molar refractivity (Wildman–Crippen MR) is 104 cm³/mol. The van der Waals surface area contributed by atoms with Crippen molar-refractivity contribution in [3.05, 3.63) is 24.3 Å². The topological polar surface area (TPSA) is 51.2 Å². The van der Waals surface area contributed by atoms with Gasteiger partial charge in [0.25, 0.3) is 0 Å². The lowest BCUT2D eigenvalue weighted by Gasteiger charge is -2.37. The van der Waals surface area contributed by atoms with E-state index in [1.54, 1.807) is 14.2 Å². The molecule has 1 aromatic carbocycles. The van der Waals surface area contributed by atoms with Gasteiger partial charge in [-0.05, 0) is 50.2 Å². The molecule has 0 N–H and O–H groups in total. The maximum absolute atomic E-state index is 12.8. The molecule has 1 amide bonds. The third-order valence-corrected chi connectivity index (χ3v) is 5.66. The maximum atomic E-state index is 12.8. The summed E-state index contributed by atoms with van der Waals surface area (Å²) in [6.07, 6.45) is 3.89. The van der Waals surface area contributed by atoms with Crippen LogP contribution < -0.4 is 9.47 Å². The van der Waals surface area contributed by atoms with Crippen LogP contribution >= 0.6 is 0 Å². The average Bonchev–Trinajstić information content (AvgIpc) is 2.73. The first-order valence-electron chi connectivity index (χ1n) is 10.0. The summed E-state index contributed by atoms with van der Waals surface area (Å²) in [5, 5.41) is 0. The standard InChI is InChI=1S/C21H32N2O4/c1-25-16-15-22-11-7-17(8-12-22)21(24)23-13-9-20(10-14-23)27-19-5-3-18(26-2)4-6-19/h3-6,17,20H,7-16H2,1-2H3. The van der Waals surface area contributed by atoms with Crippen molar-refractivity contribution < 1.29 is 19.0 Å². The first-order valence-corrected chi connectivity index (χ1v) is 10.0. The van der Waals surface area contributed by atoms with Crippen molar-refractivity contribution in [2.75, 3.05) is 53.6 Å². The Balaban J connectivity index is 1.40. The van der Waals surface area contributed by atoms with Crippen LogP contribution in [0.25, 0.3) is 0 Å². The highest BCUT2D eigenvalue weighted by Gasteiger charge is 2.31. The van der Waals surface area contributed by atoms with Gasteiger partial charge in [0.05, 0.1) is 13.7 Å². The second kappa shape index (κ2) is 9.95. The van der Waals surface area contributed by atoms with Crippen LogP contribution in [0.15, 0.2) is 24.3 Å². The molecule has 2 saturated heterocycles. The Morgan fingerprint density at radius 2 is 1.59 bits per heavy atom. The van der Waals surface area contributed by atoms with Gasteiger partial charge in [-0.15, -0.1) is 0 Å². The number of piperidine rings is 2. The Hall–Kier alpha value is -1.79. The highest BCUT2D eigenvalue weighted by molar-refractivity contribution is 5.79. The number of hydrogen-bond acceptors (Lipinski definition) is 5. The van der Waals surface area contributed by atoms with Gasteiger partial charge in [-0.25, -0.2) is 0 Å². The molecule has 0 unspecified atom stereocenters. The van der Waals surface area contributed by atoms with Gasteiger partial charge in [0, 0.05) is 45.5 Å². The van der Waals surface area contributed by atoms with E-state index in [0.717, 1.165) is 76.5 Å². The Morgan fingerprint density at radius 3 is 2.19 bits per heavy atom. The summed E-state index contributed by atoms with van der Waals surface area (Å²) in [7, 11) is 3.39. The molecule has 0 bridgehead atoms. The molecule has 27 heavy (non-hydrogen) atoms. The fourth-order valence-electron chi connectivity index (χ4n) is 3.92. The molecular weight excluding hydrogens is 344 g/mol. The maximum Gasteiger partial charge on any atom is 0.225 e. The molecule has 1 aromatic rings. The molecular formula is C21H32N2O4. The molecule has 2 heterocycles. The molecule has 6 heteroatoms. The van der Waals surface area contributed by atoms with Gasteiger partial charge >= 0.3 is 0 Å². The van der Waals surface area contributed by atoms with Crippen molar-refractivity contribution >= 4 is 5.91 Å². The van der Waals surface area contributed by atoms with Gasteiger partial charge in [-0.1, -0.05) is 0 Å². The zero-order chi connectivity index (χ0) is 19.1. The Morgan fingerprint density at radius 1 is 0.963 bits per heavy atom. The van der Waals surface area contributed by atoms with Crippen LogP contribution in [-0.2, 0) is 9.53 Å². The molecule has 0 aromatic heterocycles. The number of ether oxygens (including phenoxy) is 3. The molecule has 0 saturated carbocycles. The Kier molecular flexibility index (Phi) is 7.35. The van der Waals surface area contributed by atoms with E-state index >= 15 is 0 Å². The number of benzene rings is 1. The number of hydrogen-bond donors (Lipinski definition) is 0. The second-order valence-corrected chi connectivity index (χ2v) is 7.43. The Labute approximate surface area is 162 Å². The summed E-state index contributed by atoms with van der Waals surface area (Å²) in [5.74, 6) is 2.21. The first kappa shape index (κ1) is 20.0. The molecule has 0 aliphatic carbocycles. The van der Waals surface area contributed by atoms with Crippen LogP contribution in [0.1, 0.15) is 25.7 Å². The number of carbonyl (C=O) groups excluding carboxylic acids is 1. The number of nitrogens with zero attached hydrogens (tertiary/aromatic N) is 2. The number of methoxy groups -OCH3 is 2. The van der Waals surface area contributed by atoms with Crippen molar-refractivity contribution in [2.45, 2.75) is 31.8 Å². The monoisotopic (exact) mass is 376 g/mol. The van der Waals surface area contributed by atoms with Crippen molar-refractivity contribution in [3.8, 4) is 11.5 Å². The predicted octanol–water partition coefficient (Wildman–Crippen LogP) is 2.42. The lowest BCUT2D eigenvalue weighted by atomic mass is 9.94. The first-order chi connectivity index (χ1) is 13.2. The smallest absolute Gasteiger partial charge is 0.225 e. The zero-order valence-corrected chi connectivity index (χ0v) is 16.6. The lowest BCUT2D eigenvalue weighted by molar-refractivity contribution is -0.139. The van der Waals surface area contributed by atoms with Gasteiger partial charge in [0.1, 0.15) is 17.6 Å². The van der Waals surface area contributed by atoms with E-state index in [-0.39, 0.29) is 12.0 Å². The average molecular weight is 376 g/mol. The summed E-state index contributed by atoms with van der Waals surface area (Å²) < 4.78 is 16.4. The minimum Gasteiger partial charge on any atom is -0.497 e. The van der Waals surface area contributed by atoms with Gasteiger partial charge in [-0.2, -0.15) is 0 Å².